The third-order valence-electron chi connectivity index (χ3n) is 10.3. The fourth-order valence-corrected chi connectivity index (χ4v) is 7.08. The molecule has 0 aromatic rings. The van der Waals surface area contributed by atoms with Gasteiger partial charge < -0.3 is 28.8 Å². The minimum absolute atomic E-state index is 0.00992. The second-order valence-electron chi connectivity index (χ2n) is 17.8. The Hall–Kier alpha value is -3.36. The Bertz CT molecular complexity index is 1530. The van der Waals surface area contributed by atoms with Gasteiger partial charge in [-0.05, 0) is 89.9 Å². The first-order valence-corrected chi connectivity index (χ1v) is 27.0. The molecule has 3 unspecified atom stereocenters. The summed E-state index contributed by atoms with van der Waals surface area (Å²) in [4.78, 5) is 25.0. The molecule has 0 aromatic heterocycles. The number of phosphoric acid groups is 1. The predicted molar refractivity (Wildman–Crippen MR) is 283 cm³/mol. The Morgan fingerprint density at radius 3 is 1.32 bits per heavy atom. The number of rotatable bonds is 44. The number of nitrogens with zero attached hydrogens (tertiary/aromatic N) is 1. The lowest BCUT2D eigenvalue weighted by molar-refractivity contribution is -0.870. The van der Waals surface area contributed by atoms with Crippen molar-refractivity contribution in [3.8, 4) is 0 Å². The maximum absolute atomic E-state index is 12.7. The predicted octanol–water partition coefficient (Wildman–Crippen LogP) is 14.6. The molecule has 374 valence electrons. The first-order chi connectivity index (χ1) is 32.0. The highest BCUT2D eigenvalue weighted by Gasteiger charge is 2.23. The highest BCUT2D eigenvalue weighted by molar-refractivity contribution is 7.45. The monoisotopic (exact) mass is 935 g/mol. The van der Waals surface area contributed by atoms with Crippen LogP contribution in [0.1, 0.15) is 168 Å². The Morgan fingerprint density at radius 2 is 0.924 bits per heavy atom. The van der Waals surface area contributed by atoms with E-state index in [0.29, 0.717) is 17.4 Å². The molecule has 0 aliphatic heterocycles. The number of nitrogens with one attached hydrogen (secondary N) is 1. The molecule has 3 atom stereocenters. The average Bonchev–Trinajstić information content (AvgIpc) is 3.27. The first kappa shape index (κ1) is 62.6. The van der Waals surface area contributed by atoms with Crippen molar-refractivity contribution >= 4 is 13.7 Å². The zero-order chi connectivity index (χ0) is 48.5. The Kier molecular flexibility index (Phi) is 44.4. The third kappa shape index (κ3) is 48.6. The van der Waals surface area contributed by atoms with Crippen LogP contribution in [0.25, 0.3) is 0 Å². The number of unbranched alkanes of at least 4 members (excludes halogenated alkanes) is 11. The first-order valence-electron chi connectivity index (χ1n) is 25.5. The molecule has 1 amide bonds. The molecule has 2 N–H and O–H groups in total. The van der Waals surface area contributed by atoms with E-state index in [-0.39, 0.29) is 12.5 Å². The van der Waals surface area contributed by atoms with Crippen molar-refractivity contribution in [2.45, 2.75) is 180 Å². The van der Waals surface area contributed by atoms with E-state index in [1.54, 1.807) is 6.08 Å². The molecule has 0 aromatic carbocycles. The molecule has 0 heterocycles. The zero-order valence-electron chi connectivity index (χ0n) is 42.3. The highest BCUT2D eigenvalue weighted by atomic mass is 31.2. The lowest BCUT2D eigenvalue weighted by Gasteiger charge is -2.29. The van der Waals surface area contributed by atoms with E-state index >= 15 is 0 Å². The van der Waals surface area contributed by atoms with E-state index in [9.17, 15) is 19.4 Å². The normalized spacial score (nSPS) is 15.2. The number of aliphatic hydroxyl groups excluding tert-OH is 1. The lowest BCUT2D eigenvalue weighted by atomic mass is 10.0. The maximum Gasteiger partial charge on any atom is 0.268 e. The van der Waals surface area contributed by atoms with Crippen molar-refractivity contribution in [2.75, 3.05) is 40.9 Å². The number of phosphoric ester groups is 1. The van der Waals surface area contributed by atoms with E-state index in [1.165, 1.54) is 44.9 Å². The minimum atomic E-state index is -4.57. The number of carbonyl (C=O) groups excluding carboxylic acids is 1. The topological polar surface area (TPSA) is 108 Å². The molecule has 0 fully saturated rings. The summed E-state index contributed by atoms with van der Waals surface area (Å²) in [7, 11) is 1.23. The van der Waals surface area contributed by atoms with Crippen molar-refractivity contribution < 1.29 is 32.9 Å². The number of hydrogen-bond acceptors (Lipinski definition) is 6. The summed E-state index contributed by atoms with van der Waals surface area (Å²) in [6, 6.07) is -0.892. The second kappa shape index (κ2) is 46.7. The number of hydrogen-bond donors (Lipinski definition) is 2. The Labute approximate surface area is 405 Å². The van der Waals surface area contributed by atoms with Crippen molar-refractivity contribution in [3.05, 3.63) is 134 Å². The van der Waals surface area contributed by atoms with Crippen LogP contribution in [0, 0.1) is 0 Å². The van der Waals surface area contributed by atoms with Crippen molar-refractivity contribution in [1.82, 2.24) is 5.32 Å². The molecular weight excluding hydrogens is 840 g/mol. The molecule has 0 aliphatic carbocycles. The number of quaternary nitrogens is 1. The number of allylic oxidation sites excluding steroid dienone is 21. The number of amides is 1. The zero-order valence-corrected chi connectivity index (χ0v) is 43.2. The number of likely N-dealkylation sites (N-methyl/N-ethyl adjacent to an activating group) is 1. The van der Waals surface area contributed by atoms with Gasteiger partial charge in [0.15, 0.2) is 0 Å². The van der Waals surface area contributed by atoms with Gasteiger partial charge in [-0.25, -0.2) is 0 Å². The highest BCUT2D eigenvalue weighted by Crippen LogP contribution is 2.38. The van der Waals surface area contributed by atoms with Gasteiger partial charge in [0.1, 0.15) is 13.2 Å². The SMILES string of the molecule is CC/C=C\C/C=C\C/C=C\C/C=C\C/C=C\C/C=C\C/C=C\C/C=C\C/C=C\C/C=C\CCCCCCCCCCCCC(=O)NC(COP(=O)([O-])OCC[N+](C)(C)C)C(O)/C=C/CCC. The van der Waals surface area contributed by atoms with E-state index in [0.717, 1.165) is 103 Å². The molecule has 0 bridgehead atoms. The summed E-state index contributed by atoms with van der Waals surface area (Å²) >= 11 is 0. The van der Waals surface area contributed by atoms with Crippen LogP contribution in [0.5, 0.6) is 0 Å². The summed E-state index contributed by atoms with van der Waals surface area (Å²) in [5.74, 6) is -0.222. The van der Waals surface area contributed by atoms with Gasteiger partial charge in [-0.2, -0.15) is 0 Å². The molecular formula is C57H95N2O6P. The van der Waals surface area contributed by atoms with Crippen LogP contribution in [0.4, 0.5) is 0 Å². The van der Waals surface area contributed by atoms with Crippen LogP contribution in [0.2, 0.25) is 0 Å². The van der Waals surface area contributed by atoms with E-state index < -0.39 is 26.6 Å². The Morgan fingerprint density at radius 1 is 0.545 bits per heavy atom. The largest absolute Gasteiger partial charge is 0.756 e. The molecule has 8 nitrogen and oxygen atoms in total. The number of aliphatic hydroxyl groups is 1. The van der Waals surface area contributed by atoms with Gasteiger partial charge in [0.25, 0.3) is 7.82 Å². The summed E-state index contributed by atoms with van der Waals surface area (Å²) in [5.41, 5.74) is 0. The standard InChI is InChI=1S/C57H95N2O6P/c1-6-8-10-11-12-13-14-15-16-17-18-19-20-21-22-23-24-25-26-27-28-29-30-31-32-33-34-35-36-37-38-39-40-41-42-43-44-45-46-47-49-51-57(61)58-55(56(60)50-48-9-7-2)54-65-66(62,63)64-53-52-59(3,4)5/h8,10,12-13,15-16,18-19,21-22,24-25,27-28,30-31,33-34,36-37,48,50,55-56,60H,6-7,9,11,14,17,20,23,26,29,32,35,38-47,49,51-54H2,1-5H3,(H-,58,61,62,63)/b10-8-,13-12-,16-15-,19-18-,22-21-,25-24-,28-27-,31-30-,34-33-,37-36-,50-48+. The van der Waals surface area contributed by atoms with Gasteiger partial charge in [0.05, 0.1) is 39.9 Å². The molecule has 9 heteroatoms. The molecule has 0 saturated carbocycles. The van der Waals surface area contributed by atoms with Crippen LogP contribution in [-0.4, -0.2) is 68.5 Å². The van der Waals surface area contributed by atoms with Gasteiger partial charge in [-0.3, -0.25) is 9.36 Å². The summed E-state index contributed by atoms with van der Waals surface area (Å²) in [5, 5.41) is 13.4. The molecule has 66 heavy (non-hydrogen) atoms. The quantitative estimate of drug-likeness (QED) is 0.0273. The average molecular weight is 935 g/mol. The fraction of sp³-hybridized carbons (Fsp3) is 0.596. The van der Waals surface area contributed by atoms with E-state index in [4.69, 9.17) is 9.05 Å². The smallest absolute Gasteiger partial charge is 0.268 e. The fourth-order valence-electron chi connectivity index (χ4n) is 6.36. The number of carbonyl (C=O) groups is 1. The molecule has 0 aliphatic rings. The minimum Gasteiger partial charge on any atom is -0.756 e. The van der Waals surface area contributed by atoms with Crippen molar-refractivity contribution in [3.63, 3.8) is 0 Å². The second-order valence-corrected chi connectivity index (χ2v) is 19.2. The summed E-state index contributed by atoms with van der Waals surface area (Å²) in [6.45, 7) is 4.27. The Balaban J connectivity index is 3.85. The molecule has 0 radical (unpaired) electrons. The third-order valence-corrected chi connectivity index (χ3v) is 11.3. The van der Waals surface area contributed by atoms with Crippen LogP contribution in [0.3, 0.4) is 0 Å². The lowest BCUT2D eigenvalue weighted by Crippen LogP contribution is -2.45. The van der Waals surface area contributed by atoms with Crippen LogP contribution < -0.4 is 10.2 Å². The van der Waals surface area contributed by atoms with Gasteiger partial charge >= 0.3 is 0 Å². The van der Waals surface area contributed by atoms with Gasteiger partial charge in [-0.15, -0.1) is 0 Å². The molecule has 0 saturated heterocycles. The van der Waals surface area contributed by atoms with Crippen molar-refractivity contribution in [2.24, 2.45) is 0 Å². The van der Waals surface area contributed by atoms with Crippen molar-refractivity contribution in [1.29, 1.82) is 0 Å². The van der Waals surface area contributed by atoms with Crippen LogP contribution in [-0.2, 0) is 18.4 Å². The molecule has 0 rings (SSSR count). The van der Waals surface area contributed by atoms with Crippen LogP contribution in [0.15, 0.2) is 134 Å². The van der Waals surface area contributed by atoms with Gasteiger partial charge in [0.2, 0.25) is 5.91 Å². The summed E-state index contributed by atoms with van der Waals surface area (Å²) < 4.78 is 22.9. The van der Waals surface area contributed by atoms with E-state index in [1.807, 2.05) is 34.1 Å². The molecule has 0 spiro atoms. The van der Waals surface area contributed by atoms with Gasteiger partial charge in [-0.1, -0.05) is 205 Å². The maximum atomic E-state index is 12.7. The van der Waals surface area contributed by atoms with Gasteiger partial charge in [0, 0.05) is 6.42 Å². The van der Waals surface area contributed by atoms with Crippen LogP contribution >= 0.6 is 7.82 Å². The van der Waals surface area contributed by atoms with E-state index in [2.05, 4.69) is 134 Å². The summed E-state index contributed by atoms with van der Waals surface area (Å²) in [6.07, 6.45) is 72.0.